The Bertz CT molecular complexity index is 447. The quantitative estimate of drug-likeness (QED) is 0.832. The van der Waals surface area contributed by atoms with Crippen LogP contribution in [0.15, 0.2) is 12.1 Å². The molecule has 0 radical (unpaired) electrons. The first-order valence-electron chi connectivity index (χ1n) is 6.61. The second-order valence-electron chi connectivity index (χ2n) is 4.89. The molecule has 0 aliphatic heterocycles. The van der Waals surface area contributed by atoms with Gasteiger partial charge in [-0.2, -0.15) is 0 Å². The van der Waals surface area contributed by atoms with E-state index in [1.807, 2.05) is 13.0 Å². The van der Waals surface area contributed by atoms with E-state index in [4.69, 9.17) is 11.6 Å². The van der Waals surface area contributed by atoms with Crippen LogP contribution in [0.4, 0.5) is 0 Å². The predicted molar refractivity (Wildman–Crippen MR) is 72.9 cm³/mol. The molecular formula is C14H19ClN2O. The number of nitrogens with zero attached hydrogens (tertiary/aromatic N) is 1. The zero-order valence-corrected chi connectivity index (χ0v) is 11.6. The van der Waals surface area contributed by atoms with Gasteiger partial charge < -0.3 is 5.32 Å². The first kappa shape index (κ1) is 13.3. The van der Waals surface area contributed by atoms with Crippen molar-refractivity contribution in [1.82, 2.24) is 10.3 Å². The number of aromatic nitrogens is 1. The molecule has 2 rings (SSSR count). The zero-order chi connectivity index (χ0) is 13.1. The van der Waals surface area contributed by atoms with Gasteiger partial charge in [-0.1, -0.05) is 31.9 Å². The molecule has 1 aliphatic rings. The van der Waals surface area contributed by atoms with Crippen LogP contribution >= 0.6 is 11.6 Å². The Morgan fingerprint density at radius 1 is 1.50 bits per heavy atom. The van der Waals surface area contributed by atoms with E-state index in [1.165, 1.54) is 12.8 Å². The molecule has 1 aromatic heterocycles. The minimum absolute atomic E-state index is 0.0300. The number of hydrogen-bond acceptors (Lipinski definition) is 2. The van der Waals surface area contributed by atoms with Crippen LogP contribution in [0.1, 0.15) is 49.2 Å². The summed E-state index contributed by atoms with van der Waals surface area (Å²) >= 11 is 5.91. The average molecular weight is 267 g/mol. The highest BCUT2D eigenvalue weighted by Crippen LogP contribution is 2.34. The molecule has 1 aliphatic carbocycles. The number of carbonyl (C=O) groups excluding carboxylic acids is 1. The molecule has 2 atom stereocenters. The molecule has 98 valence electrons. The number of nitrogens with one attached hydrogen (secondary N) is 1. The van der Waals surface area contributed by atoms with Crippen molar-refractivity contribution in [2.24, 2.45) is 5.92 Å². The molecule has 1 heterocycles. The lowest BCUT2D eigenvalue weighted by Gasteiger charge is -2.06. The van der Waals surface area contributed by atoms with Gasteiger partial charge in [0.2, 0.25) is 0 Å². The van der Waals surface area contributed by atoms with Crippen molar-refractivity contribution in [2.45, 2.75) is 45.6 Å². The van der Waals surface area contributed by atoms with Crippen LogP contribution in [0.25, 0.3) is 0 Å². The van der Waals surface area contributed by atoms with Crippen molar-refractivity contribution in [3.8, 4) is 0 Å². The van der Waals surface area contributed by atoms with E-state index in [9.17, 15) is 4.79 Å². The lowest BCUT2D eigenvalue weighted by Crippen LogP contribution is -2.27. The molecule has 4 heteroatoms. The Balaban J connectivity index is 1.99. The van der Waals surface area contributed by atoms with Gasteiger partial charge in [0.1, 0.15) is 5.15 Å². The fraction of sp³-hybridized carbons (Fsp3) is 0.571. The third-order valence-corrected chi connectivity index (χ3v) is 3.56. The van der Waals surface area contributed by atoms with Crippen molar-refractivity contribution in [3.63, 3.8) is 0 Å². The fourth-order valence-electron chi connectivity index (χ4n) is 2.23. The largest absolute Gasteiger partial charge is 0.349 e. The van der Waals surface area contributed by atoms with Crippen LogP contribution in [-0.4, -0.2) is 16.9 Å². The summed E-state index contributed by atoms with van der Waals surface area (Å²) in [4.78, 5) is 16.2. The Labute approximate surface area is 113 Å². The van der Waals surface area contributed by atoms with E-state index in [0.29, 0.717) is 22.7 Å². The van der Waals surface area contributed by atoms with Crippen molar-refractivity contribution in [2.75, 3.05) is 0 Å². The van der Waals surface area contributed by atoms with E-state index < -0.39 is 0 Å². The third kappa shape index (κ3) is 3.22. The van der Waals surface area contributed by atoms with Crippen LogP contribution in [0.2, 0.25) is 5.15 Å². The summed E-state index contributed by atoms with van der Waals surface area (Å²) in [5.74, 6) is 0.638. The second-order valence-corrected chi connectivity index (χ2v) is 5.28. The van der Waals surface area contributed by atoms with Gasteiger partial charge in [-0.25, -0.2) is 4.98 Å². The van der Waals surface area contributed by atoms with Gasteiger partial charge >= 0.3 is 0 Å². The summed E-state index contributed by atoms with van der Waals surface area (Å²) in [6.45, 7) is 4.17. The number of hydrogen-bond donors (Lipinski definition) is 1. The molecule has 1 amide bonds. The molecule has 0 aromatic carbocycles. The number of rotatable bonds is 5. The van der Waals surface area contributed by atoms with E-state index in [-0.39, 0.29) is 5.91 Å². The number of amides is 1. The van der Waals surface area contributed by atoms with Gasteiger partial charge in [0.05, 0.1) is 0 Å². The van der Waals surface area contributed by atoms with Gasteiger partial charge in [0.25, 0.3) is 5.91 Å². The minimum atomic E-state index is -0.0300. The number of aryl methyl sites for hydroxylation is 1. The van der Waals surface area contributed by atoms with Gasteiger partial charge in [-0.05, 0) is 37.3 Å². The molecule has 18 heavy (non-hydrogen) atoms. The SMILES string of the molecule is CCCC1CC1NC(=O)c1cc(Cl)nc(CC)c1. The maximum atomic E-state index is 12.1. The summed E-state index contributed by atoms with van der Waals surface area (Å²) < 4.78 is 0. The lowest BCUT2D eigenvalue weighted by atomic mass is 10.2. The molecule has 1 fully saturated rings. The second kappa shape index (κ2) is 5.70. The first-order valence-corrected chi connectivity index (χ1v) is 6.99. The smallest absolute Gasteiger partial charge is 0.251 e. The summed E-state index contributed by atoms with van der Waals surface area (Å²) in [6.07, 6.45) is 4.27. The summed E-state index contributed by atoms with van der Waals surface area (Å²) in [5, 5.41) is 3.45. The number of pyridine rings is 1. The van der Waals surface area contributed by atoms with Crippen LogP contribution in [0.5, 0.6) is 0 Å². The zero-order valence-electron chi connectivity index (χ0n) is 10.9. The van der Waals surface area contributed by atoms with Crippen molar-refractivity contribution >= 4 is 17.5 Å². The fourth-order valence-corrected chi connectivity index (χ4v) is 2.46. The minimum Gasteiger partial charge on any atom is -0.349 e. The Hall–Kier alpha value is -1.09. The monoisotopic (exact) mass is 266 g/mol. The van der Waals surface area contributed by atoms with Gasteiger partial charge in [0, 0.05) is 17.3 Å². The molecule has 1 N–H and O–H groups in total. The highest BCUT2D eigenvalue weighted by atomic mass is 35.5. The molecule has 1 saturated carbocycles. The van der Waals surface area contributed by atoms with Crippen LogP contribution in [0, 0.1) is 5.92 Å². The van der Waals surface area contributed by atoms with Crippen molar-refractivity contribution in [3.05, 3.63) is 28.5 Å². The number of carbonyl (C=O) groups is 1. The van der Waals surface area contributed by atoms with Gasteiger partial charge in [0.15, 0.2) is 0 Å². The van der Waals surface area contributed by atoms with Crippen molar-refractivity contribution < 1.29 is 4.79 Å². The number of halogens is 1. The van der Waals surface area contributed by atoms with E-state index in [1.54, 1.807) is 6.07 Å². The molecular weight excluding hydrogens is 248 g/mol. The summed E-state index contributed by atoms with van der Waals surface area (Å²) in [5.41, 5.74) is 1.47. The lowest BCUT2D eigenvalue weighted by molar-refractivity contribution is 0.0948. The molecule has 0 spiro atoms. The Kier molecular flexibility index (Phi) is 4.23. The molecule has 1 aromatic rings. The van der Waals surface area contributed by atoms with E-state index in [0.717, 1.165) is 18.5 Å². The molecule has 2 unspecified atom stereocenters. The van der Waals surface area contributed by atoms with E-state index in [2.05, 4.69) is 17.2 Å². The van der Waals surface area contributed by atoms with Crippen LogP contribution in [-0.2, 0) is 6.42 Å². The molecule has 0 saturated heterocycles. The highest BCUT2D eigenvalue weighted by molar-refractivity contribution is 6.29. The summed E-state index contributed by atoms with van der Waals surface area (Å²) in [7, 11) is 0. The Morgan fingerprint density at radius 3 is 2.94 bits per heavy atom. The topological polar surface area (TPSA) is 42.0 Å². The molecule has 3 nitrogen and oxygen atoms in total. The van der Waals surface area contributed by atoms with Crippen molar-refractivity contribution in [1.29, 1.82) is 0 Å². The van der Waals surface area contributed by atoms with E-state index >= 15 is 0 Å². The predicted octanol–water partition coefficient (Wildman–Crippen LogP) is 3.22. The average Bonchev–Trinajstić information content (AvgIpc) is 3.07. The summed E-state index contributed by atoms with van der Waals surface area (Å²) in [6, 6.07) is 3.81. The van der Waals surface area contributed by atoms with Gasteiger partial charge in [-0.15, -0.1) is 0 Å². The van der Waals surface area contributed by atoms with Crippen LogP contribution < -0.4 is 5.32 Å². The maximum absolute atomic E-state index is 12.1. The standard InChI is InChI=1S/C14H19ClN2O/c1-3-5-9-7-12(9)17-14(18)10-6-11(4-2)16-13(15)8-10/h6,8-9,12H,3-5,7H2,1-2H3,(H,17,18). The van der Waals surface area contributed by atoms with Gasteiger partial charge in [-0.3, -0.25) is 4.79 Å². The first-order chi connectivity index (χ1) is 8.63. The third-order valence-electron chi connectivity index (χ3n) is 3.37. The highest BCUT2D eigenvalue weighted by Gasteiger charge is 2.37. The molecule has 0 bridgehead atoms. The Morgan fingerprint density at radius 2 is 2.28 bits per heavy atom. The van der Waals surface area contributed by atoms with Crippen LogP contribution in [0.3, 0.4) is 0 Å². The normalized spacial score (nSPS) is 21.7. The maximum Gasteiger partial charge on any atom is 0.251 e.